The number of phenols is 2. The lowest BCUT2D eigenvalue weighted by Gasteiger charge is -2.06. The van der Waals surface area contributed by atoms with Crippen molar-refractivity contribution < 1.29 is 15.0 Å². The number of amides is 1. The van der Waals surface area contributed by atoms with Crippen molar-refractivity contribution in [3.63, 3.8) is 0 Å². The zero-order valence-corrected chi connectivity index (χ0v) is 9.44. The number of unbranched alkanes of at least 4 members (excludes halogenated alkanes) is 2. The molecule has 0 saturated carbocycles. The van der Waals surface area contributed by atoms with Crippen LogP contribution < -0.4 is 5.32 Å². The maximum absolute atomic E-state index is 11.6. The van der Waals surface area contributed by atoms with Gasteiger partial charge in [0.1, 0.15) is 11.5 Å². The van der Waals surface area contributed by atoms with E-state index in [1.807, 2.05) is 0 Å². The summed E-state index contributed by atoms with van der Waals surface area (Å²) in [6, 6.07) is 3.86. The zero-order valence-electron chi connectivity index (χ0n) is 9.44. The summed E-state index contributed by atoms with van der Waals surface area (Å²) in [5, 5.41) is 21.2. The summed E-state index contributed by atoms with van der Waals surface area (Å²) in [7, 11) is 0. The van der Waals surface area contributed by atoms with Crippen molar-refractivity contribution >= 4 is 5.91 Å². The van der Waals surface area contributed by atoms with E-state index in [1.54, 1.807) is 0 Å². The first-order chi connectivity index (χ1) is 8.15. The highest BCUT2D eigenvalue weighted by Crippen LogP contribution is 2.22. The molecule has 0 saturated heterocycles. The van der Waals surface area contributed by atoms with E-state index < -0.39 is 0 Å². The molecule has 0 unspecified atom stereocenters. The number of terminal acetylenes is 1. The summed E-state index contributed by atoms with van der Waals surface area (Å²) in [5.74, 6) is 1.86. The van der Waals surface area contributed by atoms with Crippen LogP contribution in [0, 0.1) is 12.3 Å². The van der Waals surface area contributed by atoms with Gasteiger partial charge in [0.05, 0.1) is 5.56 Å². The molecular formula is C13H15NO3. The van der Waals surface area contributed by atoms with Gasteiger partial charge in [-0.2, -0.15) is 0 Å². The average Bonchev–Trinajstić information content (AvgIpc) is 2.28. The Morgan fingerprint density at radius 3 is 2.76 bits per heavy atom. The molecule has 1 aromatic rings. The number of hydrogen-bond acceptors (Lipinski definition) is 3. The van der Waals surface area contributed by atoms with Gasteiger partial charge >= 0.3 is 0 Å². The van der Waals surface area contributed by atoms with Gasteiger partial charge in [-0.15, -0.1) is 12.3 Å². The molecule has 0 radical (unpaired) electrons. The minimum absolute atomic E-state index is 0.0759. The predicted molar refractivity (Wildman–Crippen MR) is 64.8 cm³/mol. The smallest absolute Gasteiger partial charge is 0.255 e. The van der Waals surface area contributed by atoms with Crippen LogP contribution >= 0.6 is 0 Å². The lowest BCUT2D eigenvalue weighted by Crippen LogP contribution is -2.24. The number of carbonyl (C=O) groups is 1. The molecule has 90 valence electrons. The molecule has 1 rings (SSSR count). The Morgan fingerprint density at radius 2 is 2.12 bits per heavy atom. The van der Waals surface area contributed by atoms with Crippen molar-refractivity contribution in [3.8, 4) is 23.8 Å². The second-order valence-corrected chi connectivity index (χ2v) is 3.62. The zero-order chi connectivity index (χ0) is 12.7. The third-order valence-electron chi connectivity index (χ3n) is 2.26. The lowest BCUT2D eigenvalue weighted by molar-refractivity contribution is 0.0950. The highest BCUT2D eigenvalue weighted by atomic mass is 16.3. The van der Waals surface area contributed by atoms with Gasteiger partial charge in [0.2, 0.25) is 0 Å². The molecule has 3 N–H and O–H groups in total. The number of aromatic hydroxyl groups is 2. The number of benzene rings is 1. The second kappa shape index (κ2) is 6.44. The van der Waals surface area contributed by atoms with Crippen molar-refractivity contribution in [3.05, 3.63) is 23.8 Å². The third kappa shape index (κ3) is 4.07. The van der Waals surface area contributed by atoms with E-state index in [9.17, 15) is 9.90 Å². The van der Waals surface area contributed by atoms with Gasteiger partial charge in [0.15, 0.2) is 0 Å². The maximum Gasteiger partial charge on any atom is 0.255 e. The molecule has 0 aliphatic heterocycles. The van der Waals surface area contributed by atoms with Crippen molar-refractivity contribution in [1.82, 2.24) is 5.32 Å². The SMILES string of the molecule is C#CCCCCNC(=O)c1ccc(O)cc1O. The fourth-order valence-electron chi connectivity index (χ4n) is 1.36. The fourth-order valence-corrected chi connectivity index (χ4v) is 1.36. The van der Waals surface area contributed by atoms with E-state index in [-0.39, 0.29) is 23.0 Å². The minimum atomic E-state index is -0.358. The van der Waals surface area contributed by atoms with Gasteiger partial charge in [0.25, 0.3) is 5.91 Å². The molecule has 0 aliphatic rings. The molecule has 4 heteroatoms. The highest BCUT2D eigenvalue weighted by Gasteiger charge is 2.10. The van der Waals surface area contributed by atoms with Gasteiger partial charge in [-0.05, 0) is 25.0 Å². The Hall–Kier alpha value is -2.15. The van der Waals surface area contributed by atoms with Gasteiger partial charge in [-0.3, -0.25) is 4.79 Å². The van der Waals surface area contributed by atoms with Crippen molar-refractivity contribution in [2.45, 2.75) is 19.3 Å². The van der Waals surface area contributed by atoms with E-state index in [0.717, 1.165) is 18.9 Å². The molecule has 17 heavy (non-hydrogen) atoms. The predicted octanol–water partition coefficient (Wildman–Crippen LogP) is 1.63. The molecular weight excluding hydrogens is 218 g/mol. The normalized spacial score (nSPS) is 9.59. The van der Waals surface area contributed by atoms with Crippen LogP contribution in [0.25, 0.3) is 0 Å². The number of rotatable bonds is 5. The van der Waals surface area contributed by atoms with Crippen LogP contribution in [0.4, 0.5) is 0 Å². The summed E-state index contributed by atoms with van der Waals surface area (Å²) < 4.78 is 0. The van der Waals surface area contributed by atoms with Crippen LogP contribution in [0.2, 0.25) is 0 Å². The molecule has 0 bridgehead atoms. The van der Waals surface area contributed by atoms with E-state index in [0.29, 0.717) is 13.0 Å². The van der Waals surface area contributed by atoms with Crippen LogP contribution in [0.3, 0.4) is 0 Å². The van der Waals surface area contributed by atoms with E-state index in [4.69, 9.17) is 11.5 Å². The first-order valence-corrected chi connectivity index (χ1v) is 5.39. The fraction of sp³-hybridized carbons (Fsp3) is 0.308. The molecule has 0 aliphatic carbocycles. The number of hydrogen-bond donors (Lipinski definition) is 3. The van der Waals surface area contributed by atoms with Crippen LogP contribution in [0.15, 0.2) is 18.2 Å². The van der Waals surface area contributed by atoms with E-state index in [2.05, 4.69) is 11.2 Å². The number of carbonyl (C=O) groups excluding carboxylic acids is 1. The quantitative estimate of drug-likeness (QED) is 0.535. The minimum Gasteiger partial charge on any atom is -0.508 e. The van der Waals surface area contributed by atoms with Crippen LogP contribution in [-0.4, -0.2) is 22.7 Å². The Labute approximate surface area is 100 Å². The van der Waals surface area contributed by atoms with Gasteiger partial charge in [-0.1, -0.05) is 0 Å². The molecule has 0 heterocycles. The number of nitrogens with one attached hydrogen (secondary N) is 1. The molecule has 4 nitrogen and oxygen atoms in total. The van der Waals surface area contributed by atoms with Gasteiger partial charge in [0, 0.05) is 19.0 Å². The summed E-state index contributed by atoms with van der Waals surface area (Å²) in [6.07, 6.45) is 7.46. The summed E-state index contributed by atoms with van der Waals surface area (Å²) in [6.45, 7) is 0.515. The summed E-state index contributed by atoms with van der Waals surface area (Å²) in [5.41, 5.74) is 0.153. The van der Waals surface area contributed by atoms with Crippen LogP contribution in [-0.2, 0) is 0 Å². The highest BCUT2D eigenvalue weighted by molar-refractivity contribution is 5.96. The standard InChI is InChI=1S/C13H15NO3/c1-2-3-4-5-8-14-13(17)11-7-6-10(15)9-12(11)16/h1,6-7,9,15-16H,3-5,8H2,(H,14,17). The van der Waals surface area contributed by atoms with Crippen molar-refractivity contribution in [2.75, 3.05) is 6.54 Å². The summed E-state index contributed by atoms with van der Waals surface area (Å²) in [4.78, 5) is 11.6. The number of phenolic OH excluding ortho intramolecular Hbond substituents is 2. The second-order valence-electron chi connectivity index (χ2n) is 3.62. The molecule has 1 amide bonds. The third-order valence-corrected chi connectivity index (χ3v) is 2.26. The Bertz CT molecular complexity index is 435. The Morgan fingerprint density at radius 1 is 1.35 bits per heavy atom. The Kier molecular flexibility index (Phi) is 4.89. The largest absolute Gasteiger partial charge is 0.508 e. The van der Waals surface area contributed by atoms with E-state index in [1.165, 1.54) is 12.1 Å². The van der Waals surface area contributed by atoms with Gasteiger partial charge < -0.3 is 15.5 Å². The van der Waals surface area contributed by atoms with Crippen molar-refractivity contribution in [1.29, 1.82) is 0 Å². The Balaban J connectivity index is 2.45. The first kappa shape index (κ1) is 12.9. The topological polar surface area (TPSA) is 69.6 Å². The monoisotopic (exact) mass is 233 g/mol. The molecule has 0 atom stereocenters. The lowest BCUT2D eigenvalue weighted by atomic mass is 10.1. The van der Waals surface area contributed by atoms with Crippen LogP contribution in [0.5, 0.6) is 11.5 Å². The molecule has 1 aromatic carbocycles. The van der Waals surface area contributed by atoms with Crippen molar-refractivity contribution in [2.24, 2.45) is 0 Å². The molecule has 0 aromatic heterocycles. The van der Waals surface area contributed by atoms with E-state index >= 15 is 0 Å². The average molecular weight is 233 g/mol. The first-order valence-electron chi connectivity index (χ1n) is 5.39. The van der Waals surface area contributed by atoms with Crippen LogP contribution in [0.1, 0.15) is 29.6 Å². The molecule has 0 fully saturated rings. The van der Waals surface area contributed by atoms with Gasteiger partial charge in [-0.25, -0.2) is 0 Å². The summed E-state index contributed by atoms with van der Waals surface area (Å²) >= 11 is 0. The maximum atomic E-state index is 11.6. The molecule has 0 spiro atoms.